The standard InChI is InChI=1S/C14H21N5O2.ClH/c1-16-11(20)7-19-6-10(5-17-19)18-14(21)12-8-2-3-9(4-8)13(12)15;/h5-6,8-9,12-13H,2-4,7,15H2,1H3,(H,16,20)(H,18,21);1H. The van der Waals surface area contributed by atoms with Crippen LogP contribution in [0.4, 0.5) is 5.69 Å². The number of nitrogens with two attached hydrogens (primary N) is 1. The third kappa shape index (κ3) is 3.10. The van der Waals surface area contributed by atoms with Crippen molar-refractivity contribution in [1.82, 2.24) is 15.1 Å². The van der Waals surface area contributed by atoms with E-state index < -0.39 is 0 Å². The van der Waals surface area contributed by atoms with E-state index in [2.05, 4.69) is 15.7 Å². The van der Waals surface area contributed by atoms with Crippen LogP contribution in [0, 0.1) is 17.8 Å². The zero-order chi connectivity index (χ0) is 15.0. The van der Waals surface area contributed by atoms with E-state index >= 15 is 0 Å². The van der Waals surface area contributed by atoms with Crippen LogP contribution in [0.5, 0.6) is 0 Å². The average molecular weight is 328 g/mol. The Kier molecular flexibility index (Phi) is 5.08. The molecule has 4 atom stereocenters. The Labute approximate surface area is 135 Å². The predicted octanol–water partition coefficient (Wildman–Crippen LogP) is 0.363. The summed E-state index contributed by atoms with van der Waals surface area (Å²) in [4.78, 5) is 23.7. The van der Waals surface area contributed by atoms with Gasteiger partial charge < -0.3 is 16.4 Å². The lowest BCUT2D eigenvalue weighted by atomic mass is 9.84. The third-order valence-corrected chi connectivity index (χ3v) is 4.77. The molecule has 2 fully saturated rings. The Morgan fingerprint density at radius 3 is 2.77 bits per heavy atom. The number of nitrogens with one attached hydrogen (secondary N) is 2. The lowest BCUT2D eigenvalue weighted by Gasteiger charge is -2.26. The quantitative estimate of drug-likeness (QED) is 0.743. The van der Waals surface area contributed by atoms with Crippen LogP contribution < -0.4 is 16.4 Å². The molecule has 8 heteroatoms. The second-order valence-corrected chi connectivity index (χ2v) is 6.03. The van der Waals surface area contributed by atoms with Crippen LogP contribution in [0.25, 0.3) is 0 Å². The maximum absolute atomic E-state index is 12.4. The maximum atomic E-state index is 12.4. The van der Waals surface area contributed by atoms with Crippen molar-refractivity contribution in [3.05, 3.63) is 12.4 Å². The van der Waals surface area contributed by atoms with Gasteiger partial charge in [-0.05, 0) is 31.1 Å². The number of hydrogen-bond acceptors (Lipinski definition) is 4. The molecule has 2 aliphatic rings. The number of carbonyl (C=O) groups excluding carboxylic acids is 2. The molecule has 2 bridgehead atoms. The first-order chi connectivity index (χ1) is 10.1. The maximum Gasteiger partial charge on any atom is 0.241 e. The molecule has 2 aliphatic carbocycles. The number of amides is 2. The van der Waals surface area contributed by atoms with Gasteiger partial charge in [0, 0.05) is 19.3 Å². The lowest BCUT2D eigenvalue weighted by Crippen LogP contribution is -2.42. The van der Waals surface area contributed by atoms with Gasteiger partial charge in [-0.25, -0.2) is 0 Å². The van der Waals surface area contributed by atoms with Crippen molar-refractivity contribution in [2.24, 2.45) is 23.5 Å². The molecule has 1 aromatic heterocycles. The number of likely N-dealkylation sites (N-methyl/N-ethyl adjacent to an activating group) is 1. The van der Waals surface area contributed by atoms with Gasteiger partial charge in [-0.2, -0.15) is 5.10 Å². The molecule has 4 N–H and O–H groups in total. The summed E-state index contributed by atoms with van der Waals surface area (Å²) < 4.78 is 1.50. The van der Waals surface area contributed by atoms with Gasteiger partial charge in [0.15, 0.2) is 0 Å². The summed E-state index contributed by atoms with van der Waals surface area (Å²) in [5.41, 5.74) is 6.78. The summed E-state index contributed by atoms with van der Waals surface area (Å²) in [6.45, 7) is 0.139. The zero-order valence-corrected chi connectivity index (χ0v) is 13.3. The van der Waals surface area contributed by atoms with Gasteiger partial charge in [-0.1, -0.05) is 0 Å². The molecule has 0 aromatic carbocycles. The summed E-state index contributed by atoms with van der Waals surface area (Å²) in [7, 11) is 1.57. The number of fused-ring (bicyclic) bond motifs is 2. The van der Waals surface area contributed by atoms with Crippen LogP contribution in [0.1, 0.15) is 19.3 Å². The number of aromatic nitrogens is 2. The average Bonchev–Trinajstić information content (AvgIpc) is 3.14. The number of carbonyl (C=O) groups is 2. The summed E-state index contributed by atoms with van der Waals surface area (Å²) in [6, 6.07) is -0.0235. The van der Waals surface area contributed by atoms with Crippen molar-refractivity contribution in [2.75, 3.05) is 12.4 Å². The van der Waals surface area contributed by atoms with E-state index in [1.165, 1.54) is 4.68 Å². The van der Waals surface area contributed by atoms with Crippen LogP contribution in [0.3, 0.4) is 0 Å². The van der Waals surface area contributed by atoms with Crippen LogP contribution in [-0.4, -0.2) is 34.7 Å². The van der Waals surface area contributed by atoms with Crippen molar-refractivity contribution in [3.8, 4) is 0 Å². The molecule has 0 aliphatic heterocycles. The third-order valence-electron chi connectivity index (χ3n) is 4.77. The predicted molar refractivity (Wildman–Crippen MR) is 84.5 cm³/mol. The topological polar surface area (TPSA) is 102 Å². The summed E-state index contributed by atoms with van der Waals surface area (Å²) >= 11 is 0. The fourth-order valence-electron chi connectivity index (χ4n) is 3.69. The molecule has 3 rings (SSSR count). The van der Waals surface area contributed by atoms with Crippen LogP contribution >= 0.6 is 12.4 Å². The molecule has 4 unspecified atom stereocenters. The molecule has 2 saturated carbocycles. The monoisotopic (exact) mass is 327 g/mol. The number of rotatable bonds is 4. The molecular weight excluding hydrogens is 306 g/mol. The van der Waals surface area contributed by atoms with E-state index in [9.17, 15) is 9.59 Å². The molecule has 0 spiro atoms. The van der Waals surface area contributed by atoms with E-state index in [0.29, 0.717) is 17.5 Å². The molecule has 7 nitrogen and oxygen atoms in total. The Hall–Kier alpha value is -1.60. The van der Waals surface area contributed by atoms with Crippen LogP contribution in [0.15, 0.2) is 12.4 Å². The van der Waals surface area contributed by atoms with E-state index in [0.717, 1.165) is 19.3 Å². The SMILES string of the molecule is CNC(=O)Cn1cc(NC(=O)C2C3CCC(C3)C2N)cn1.Cl. The summed E-state index contributed by atoms with van der Waals surface area (Å²) in [5, 5.41) is 9.47. The van der Waals surface area contributed by atoms with E-state index in [1.807, 2.05) is 0 Å². The Balaban J connectivity index is 0.00000176. The van der Waals surface area contributed by atoms with Gasteiger partial charge in [0.2, 0.25) is 11.8 Å². The molecule has 0 saturated heterocycles. The normalized spacial score (nSPS) is 29.0. The van der Waals surface area contributed by atoms with Gasteiger partial charge in [-0.3, -0.25) is 14.3 Å². The number of nitrogens with zero attached hydrogens (tertiary/aromatic N) is 2. The van der Waals surface area contributed by atoms with Crippen molar-refractivity contribution in [2.45, 2.75) is 31.8 Å². The Morgan fingerprint density at radius 1 is 1.41 bits per heavy atom. The first-order valence-corrected chi connectivity index (χ1v) is 7.38. The van der Waals surface area contributed by atoms with Gasteiger partial charge in [0.05, 0.1) is 17.8 Å². The van der Waals surface area contributed by atoms with E-state index in [-0.39, 0.29) is 42.7 Å². The Bertz CT molecular complexity index is 559. The number of halogens is 1. The second-order valence-electron chi connectivity index (χ2n) is 6.03. The van der Waals surface area contributed by atoms with Gasteiger partial charge in [-0.15, -0.1) is 12.4 Å². The van der Waals surface area contributed by atoms with Crippen molar-refractivity contribution < 1.29 is 9.59 Å². The highest BCUT2D eigenvalue weighted by Gasteiger charge is 2.49. The Morgan fingerprint density at radius 2 is 2.14 bits per heavy atom. The summed E-state index contributed by atoms with van der Waals surface area (Å²) in [5.74, 6) is 0.680. The van der Waals surface area contributed by atoms with Crippen molar-refractivity contribution in [3.63, 3.8) is 0 Å². The number of anilines is 1. The zero-order valence-electron chi connectivity index (χ0n) is 12.5. The van der Waals surface area contributed by atoms with Crippen LogP contribution in [-0.2, 0) is 16.1 Å². The lowest BCUT2D eigenvalue weighted by molar-refractivity contribution is -0.122. The highest BCUT2D eigenvalue weighted by molar-refractivity contribution is 5.93. The fraction of sp³-hybridized carbons (Fsp3) is 0.643. The highest BCUT2D eigenvalue weighted by atomic mass is 35.5. The minimum absolute atomic E-state index is 0. The molecule has 1 aromatic rings. The minimum Gasteiger partial charge on any atom is -0.358 e. The molecule has 22 heavy (non-hydrogen) atoms. The minimum atomic E-state index is -0.133. The van der Waals surface area contributed by atoms with Gasteiger partial charge in [0.25, 0.3) is 0 Å². The van der Waals surface area contributed by atoms with Crippen molar-refractivity contribution in [1.29, 1.82) is 0 Å². The van der Waals surface area contributed by atoms with Gasteiger partial charge in [0.1, 0.15) is 6.54 Å². The number of hydrogen-bond donors (Lipinski definition) is 3. The van der Waals surface area contributed by atoms with Crippen molar-refractivity contribution >= 4 is 29.9 Å². The van der Waals surface area contributed by atoms with Crippen LogP contribution in [0.2, 0.25) is 0 Å². The molecule has 2 amide bonds. The van der Waals surface area contributed by atoms with E-state index in [1.54, 1.807) is 19.4 Å². The second kappa shape index (κ2) is 6.66. The molecular formula is C14H22ClN5O2. The van der Waals surface area contributed by atoms with E-state index in [4.69, 9.17) is 5.73 Å². The molecule has 1 heterocycles. The smallest absolute Gasteiger partial charge is 0.241 e. The first-order valence-electron chi connectivity index (χ1n) is 7.38. The summed E-state index contributed by atoms with van der Waals surface area (Å²) in [6.07, 6.45) is 6.55. The largest absolute Gasteiger partial charge is 0.358 e. The van der Waals surface area contributed by atoms with Gasteiger partial charge >= 0.3 is 0 Å². The first kappa shape index (κ1) is 16.8. The molecule has 0 radical (unpaired) electrons. The molecule has 122 valence electrons. The highest BCUT2D eigenvalue weighted by Crippen LogP contribution is 2.47. The fourth-order valence-corrected chi connectivity index (χ4v) is 3.69.